The van der Waals surface area contributed by atoms with E-state index in [9.17, 15) is 0 Å². The maximum atomic E-state index is 6.91. The first-order valence-corrected chi connectivity index (χ1v) is 2.95. The molecule has 0 bridgehead atoms. The van der Waals surface area contributed by atoms with Crippen molar-refractivity contribution in [3.8, 4) is 0 Å². The molecule has 0 saturated carbocycles. The second-order valence-corrected chi connectivity index (χ2v) is 2.02. The summed E-state index contributed by atoms with van der Waals surface area (Å²) in [6, 6.07) is 0. The summed E-state index contributed by atoms with van der Waals surface area (Å²) in [5.74, 6) is 0. The van der Waals surface area contributed by atoms with Crippen molar-refractivity contribution >= 4 is 0 Å². The molecule has 1 aromatic heterocycles. The van der Waals surface area contributed by atoms with E-state index in [-0.39, 0.29) is 0 Å². The van der Waals surface area contributed by atoms with E-state index >= 15 is 0 Å². The second kappa shape index (κ2) is 2.64. The maximum Gasteiger partial charge on any atom is 0.0522 e. The Kier molecular flexibility index (Phi) is 1.85. The van der Waals surface area contributed by atoms with Gasteiger partial charge in [-0.1, -0.05) is 0 Å². The van der Waals surface area contributed by atoms with Gasteiger partial charge in [0, 0.05) is 19.8 Å². The van der Waals surface area contributed by atoms with E-state index in [1.165, 1.54) is 0 Å². The molecule has 1 radical (unpaired) electrons. The van der Waals surface area contributed by atoms with E-state index in [0.29, 0.717) is 6.54 Å². The van der Waals surface area contributed by atoms with Crippen molar-refractivity contribution in [3.05, 3.63) is 18.0 Å². The Morgan fingerprint density at radius 1 is 1.78 bits per heavy atom. The second-order valence-electron chi connectivity index (χ2n) is 2.02. The predicted molar refractivity (Wildman–Crippen MR) is 34.9 cm³/mol. The molecule has 0 aliphatic carbocycles. The van der Waals surface area contributed by atoms with Gasteiger partial charge in [0.1, 0.15) is 0 Å². The molecule has 1 aromatic rings. The number of hydrogen-bond acceptors (Lipinski definition) is 1. The van der Waals surface area contributed by atoms with Gasteiger partial charge in [-0.15, -0.1) is 0 Å². The standard InChI is InChI=1S/C6H10N3/c1-9-5-6(2-3-7)4-8-9/h4-5,7H,2-3H2,1H3. The fraction of sp³-hybridized carbons (Fsp3) is 0.500. The molecule has 0 unspecified atom stereocenters. The van der Waals surface area contributed by atoms with Crippen LogP contribution in [0.3, 0.4) is 0 Å². The molecule has 0 atom stereocenters. The zero-order valence-corrected chi connectivity index (χ0v) is 5.46. The predicted octanol–water partition coefficient (Wildman–Crippen LogP) is 0.245. The molecular formula is C6H10N3. The average molecular weight is 124 g/mol. The SMILES string of the molecule is Cn1cc(CC[NH])cn1. The Morgan fingerprint density at radius 2 is 2.56 bits per heavy atom. The molecule has 9 heavy (non-hydrogen) atoms. The summed E-state index contributed by atoms with van der Waals surface area (Å²) < 4.78 is 1.75. The minimum absolute atomic E-state index is 0.450. The molecule has 3 nitrogen and oxygen atoms in total. The van der Waals surface area contributed by atoms with Gasteiger partial charge in [-0.05, 0) is 12.0 Å². The summed E-state index contributed by atoms with van der Waals surface area (Å²) >= 11 is 0. The quantitative estimate of drug-likeness (QED) is 0.557. The summed E-state index contributed by atoms with van der Waals surface area (Å²) in [7, 11) is 1.88. The number of nitrogens with zero attached hydrogens (tertiary/aromatic N) is 2. The topological polar surface area (TPSA) is 41.6 Å². The molecule has 0 saturated heterocycles. The molecular weight excluding hydrogens is 114 g/mol. The van der Waals surface area contributed by atoms with Gasteiger partial charge in [-0.2, -0.15) is 5.10 Å². The Morgan fingerprint density at radius 3 is 3.00 bits per heavy atom. The van der Waals surface area contributed by atoms with Crippen molar-refractivity contribution in [1.29, 1.82) is 0 Å². The van der Waals surface area contributed by atoms with Gasteiger partial charge in [0.05, 0.1) is 6.20 Å². The minimum atomic E-state index is 0.450. The first-order valence-electron chi connectivity index (χ1n) is 2.95. The summed E-state index contributed by atoms with van der Waals surface area (Å²) in [6.45, 7) is 0.450. The van der Waals surface area contributed by atoms with Crippen LogP contribution in [0.4, 0.5) is 0 Å². The van der Waals surface area contributed by atoms with Gasteiger partial charge in [0.15, 0.2) is 0 Å². The average Bonchev–Trinajstić information content (AvgIpc) is 2.17. The van der Waals surface area contributed by atoms with Crippen molar-refractivity contribution in [3.63, 3.8) is 0 Å². The number of nitrogens with one attached hydrogen (secondary N) is 1. The highest BCUT2D eigenvalue weighted by atomic mass is 15.2. The summed E-state index contributed by atoms with van der Waals surface area (Å²) in [6.07, 6.45) is 4.55. The monoisotopic (exact) mass is 124 g/mol. The fourth-order valence-electron chi connectivity index (χ4n) is 0.745. The van der Waals surface area contributed by atoms with Crippen molar-refractivity contribution in [2.24, 2.45) is 7.05 Å². The lowest BCUT2D eigenvalue weighted by molar-refractivity contribution is 0.766. The number of rotatable bonds is 2. The Labute approximate surface area is 54.5 Å². The molecule has 0 spiro atoms. The van der Waals surface area contributed by atoms with Crippen LogP contribution < -0.4 is 5.73 Å². The van der Waals surface area contributed by atoms with Gasteiger partial charge in [-0.25, -0.2) is 0 Å². The first kappa shape index (κ1) is 6.29. The molecule has 49 valence electrons. The lowest BCUT2D eigenvalue weighted by atomic mass is 10.3. The molecule has 0 amide bonds. The zero-order chi connectivity index (χ0) is 6.69. The highest BCUT2D eigenvalue weighted by Crippen LogP contribution is 1.94. The van der Waals surface area contributed by atoms with Gasteiger partial charge in [0.25, 0.3) is 0 Å². The van der Waals surface area contributed by atoms with E-state index in [4.69, 9.17) is 5.73 Å². The largest absolute Gasteiger partial charge is 0.276 e. The number of aryl methyl sites for hydroxylation is 1. The summed E-state index contributed by atoms with van der Waals surface area (Å²) in [5, 5.41) is 3.97. The smallest absolute Gasteiger partial charge is 0.0522 e. The van der Waals surface area contributed by atoms with E-state index < -0.39 is 0 Å². The summed E-state index contributed by atoms with van der Waals surface area (Å²) in [4.78, 5) is 0. The zero-order valence-electron chi connectivity index (χ0n) is 5.46. The molecule has 0 fully saturated rings. The van der Waals surface area contributed by atoms with E-state index in [2.05, 4.69) is 5.10 Å². The van der Waals surface area contributed by atoms with Crippen LogP contribution in [0.15, 0.2) is 12.4 Å². The van der Waals surface area contributed by atoms with Crippen LogP contribution in [-0.2, 0) is 13.5 Å². The van der Waals surface area contributed by atoms with Gasteiger partial charge >= 0.3 is 0 Å². The lowest BCUT2D eigenvalue weighted by Crippen LogP contribution is -1.89. The van der Waals surface area contributed by atoms with Crippen LogP contribution in [0.25, 0.3) is 0 Å². The van der Waals surface area contributed by atoms with Gasteiger partial charge in [0.2, 0.25) is 0 Å². The molecule has 1 rings (SSSR count). The normalized spacial score (nSPS) is 10.0. The van der Waals surface area contributed by atoms with Crippen LogP contribution in [-0.4, -0.2) is 16.3 Å². The van der Waals surface area contributed by atoms with E-state index in [0.717, 1.165) is 12.0 Å². The molecule has 3 heteroatoms. The maximum absolute atomic E-state index is 6.91. The molecule has 1 N–H and O–H groups in total. The van der Waals surface area contributed by atoms with Gasteiger partial charge in [-0.3, -0.25) is 10.4 Å². The highest BCUT2D eigenvalue weighted by Gasteiger charge is 1.91. The first-order chi connectivity index (χ1) is 4.33. The van der Waals surface area contributed by atoms with Crippen LogP contribution in [0.1, 0.15) is 5.56 Å². The Bertz CT molecular complexity index is 180. The van der Waals surface area contributed by atoms with E-state index in [1.807, 2.05) is 13.2 Å². The molecule has 1 heterocycles. The third-order valence-corrected chi connectivity index (χ3v) is 1.17. The third-order valence-electron chi connectivity index (χ3n) is 1.17. The summed E-state index contributed by atoms with van der Waals surface area (Å²) in [5.41, 5.74) is 8.06. The Balaban J connectivity index is 2.61. The van der Waals surface area contributed by atoms with Crippen LogP contribution in [0, 0.1) is 0 Å². The van der Waals surface area contributed by atoms with Crippen LogP contribution >= 0.6 is 0 Å². The molecule has 0 aliphatic rings. The fourth-order valence-corrected chi connectivity index (χ4v) is 0.745. The number of hydrogen-bond donors (Lipinski definition) is 0. The molecule has 0 aromatic carbocycles. The third kappa shape index (κ3) is 1.54. The molecule has 0 aliphatic heterocycles. The van der Waals surface area contributed by atoms with Crippen molar-refractivity contribution in [2.45, 2.75) is 6.42 Å². The Hall–Kier alpha value is -0.830. The minimum Gasteiger partial charge on any atom is -0.276 e. The van der Waals surface area contributed by atoms with Crippen molar-refractivity contribution in [1.82, 2.24) is 15.5 Å². The van der Waals surface area contributed by atoms with Crippen LogP contribution in [0.5, 0.6) is 0 Å². The highest BCUT2D eigenvalue weighted by molar-refractivity contribution is 5.03. The van der Waals surface area contributed by atoms with Crippen LogP contribution in [0.2, 0.25) is 0 Å². The van der Waals surface area contributed by atoms with Crippen molar-refractivity contribution in [2.75, 3.05) is 6.54 Å². The van der Waals surface area contributed by atoms with E-state index in [1.54, 1.807) is 10.9 Å². The lowest BCUT2D eigenvalue weighted by Gasteiger charge is -1.86. The number of aromatic nitrogens is 2. The van der Waals surface area contributed by atoms with Crippen molar-refractivity contribution < 1.29 is 0 Å². The van der Waals surface area contributed by atoms with Gasteiger partial charge < -0.3 is 0 Å².